The molecule has 1 aromatic rings. The Morgan fingerprint density at radius 1 is 1.19 bits per heavy atom. The Bertz CT molecular complexity index is 328. The third kappa shape index (κ3) is 4.09. The van der Waals surface area contributed by atoms with E-state index in [1.54, 1.807) is 0 Å². The number of hydrogen-bond acceptors (Lipinski definition) is 4. The average Bonchev–Trinajstić information content (AvgIpc) is 2.24. The highest BCUT2D eigenvalue weighted by atomic mass is 79.9. The van der Waals surface area contributed by atoms with Crippen molar-refractivity contribution >= 4 is 21.6 Å². The summed E-state index contributed by atoms with van der Waals surface area (Å²) in [5.41, 5.74) is 7.55. The average molecular weight is 289 g/mol. The van der Waals surface area contributed by atoms with Crippen LogP contribution < -0.4 is 5.73 Å². The van der Waals surface area contributed by atoms with E-state index < -0.39 is 0 Å². The van der Waals surface area contributed by atoms with Crippen molar-refractivity contribution in [3.8, 4) is 0 Å². The predicted octanol–water partition coefficient (Wildman–Crippen LogP) is 0.818. The summed E-state index contributed by atoms with van der Waals surface area (Å²) in [6.45, 7) is 1.96. The van der Waals surface area contributed by atoms with Gasteiger partial charge in [0.15, 0.2) is 0 Å². The Hall–Kier alpha value is -0.620. The van der Waals surface area contributed by atoms with E-state index in [-0.39, 0.29) is 13.2 Å². The molecule has 0 amide bonds. The minimum absolute atomic E-state index is 0.0893. The highest BCUT2D eigenvalue weighted by molar-refractivity contribution is 9.10. The number of rotatable bonds is 6. The van der Waals surface area contributed by atoms with Crippen LogP contribution in [0.1, 0.15) is 5.56 Å². The molecule has 0 bridgehead atoms. The van der Waals surface area contributed by atoms with Gasteiger partial charge in [-0.15, -0.1) is 0 Å². The van der Waals surface area contributed by atoms with E-state index >= 15 is 0 Å². The molecule has 4 nitrogen and oxygen atoms in total. The fraction of sp³-hybridized carbons (Fsp3) is 0.455. The van der Waals surface area contributed by atoms with Crippen LogP contribution in [0.4, 0.5) is 5.69 Å². The summed E-state index contributed by atoms with van der Waals surface area (Å²) in [6.07, 6.45) is 0. The highest BCUT2D eigenvalue weighted by Gasteiger charge is 2.05. The third-order valence-electron chi connectivity index (χ3n) is 2.30. The molecular weight excluding hydrogens is 272 g/mol. The van der Waals surface area contributed by atoms with Gasteiger partial charge in [-0.25, -0.2) is 0 Å². The van der Waals surface area contributed by atoms with Gasteiger partial charge < -0.3 is 15.9 Å². The Balaban J connectivity index is 2.65. The second-order valence-corrected chi connectivity index (χ2v) is 4.43. The number of aliphatic hydroxyl groups is 2. The molecule has 0 atom stereocenters. The molecule has 0 saturated carbocycles. The van der Waals surface area contributed by atoms with Gasteiger partial charge >= 0.3 is 0 Å². The lowest BCUT2D eigenvalue weighted by atomic mass is 10.2. The zero-order chi connectivity index (χ0) is 12.0. The van der Waals surface area contributed by atoms with Gasteiger partial charge in [-0.05, 0) is 33.6 Å². The third-order valence-corrected chi connectivity index (χ3v) is 3.02. The lowest BCUT2D eigenvalue weighted by Gasteiger charge is -2.20. The molecular formula is C11H17BrN2O2. The van der Waals surface area contributed by atoms with Crippen molar-refractivity contribution in [1.29, 1.82) is 0 Å². The second kappa shape index (κ2) is 6.85. The first-order chi connectivity index (χ1) is 7.67. The van der Waals surface area contributed by atoms with Crippen LogP contribution in [0.3, 0.4) is 0 Å². The maximum atomic E-state index is 8.88. The molecule has 0 unspecified atom stereocenters. The fourth-order valence-corrected chi connectivity index (χ4v) is 1.75. The van der Waals surface area contributed by atoms with E-state index in [9.17, 15) is 0 Å². The van der Waals surface area contributed by atoms with Crippen molar-refractivity contribution in [2.75, 3.05) is 32.0 Å². The van der Waals surface area contributed by atoms with Gasteiger partial charge in [0, 0.05) is 29.8 Å². The lowest BCUT2D eigenvalue weighted by molar-refractivity contribution is 0.156. The first kappa shape index (κ1) is 13.4. The van der Waals surface area contributed by atoms with Crippen LogP contribution in [0.5, 0.6) is 0 Å². The van der Waals surface area contributed by atoms with E-state index in [4.69, 9.17) is 15.9 Å². The predicted molar refractivity (Wildman–Crippen MR) is 68.0 cm³/mol. The molecule has 0 radical (unpaired) electrons. The molecule has 0 saturated heterocycles. The van der Waals surface area contributed by atoms with Crippen molar-refractivity contribution in [2.24, 2.45) is 0 Å². The van der Waals surface area contributed by atoms with Crippen molar-refractivity contribution in [1.82, 2.24) is 4.90 Å². The molecule has 4 N–H and O–H groups in total. The van der Waals surface area contributed by atoms with Gasteiger partial charge in [0.25, 0.3) is 0 Å². The number of hydrogen-bond donors (Lipinski definition) is 3. The van der Waals surface area contributed by atoms with Crippen LogP contribution in [-0.2, 0) is 6.54 Å². The van der Waals surface area contributed by atoms with Crippen molar-refractivity contribution in [2.45, 2.75) is 6.54 Å². The van der Waals surface area contributed by atoms with Gasteiger partial charge in [-0.2, -0.15) is 0 Å². The van der Waals surface area contributed by atoms with Crippen molar-refractivity contribution < 1.29 is 10.2 Å². The van der Waals surface area contributed by atoms with Crippen LogP contribution in [0, 0.1) is 0 Å². The summed E-state index contributed by atoms with van der Waals surface area (Å²) in [4.78, 5) is 1.97. The maximum Gasteiger partial charge on any atom is 0.0558 e. The Labute approximate surface area is 104 Å². The minimum Gasteiger partial charge on any atom is -0.398 e. The molecule has 1 rings (SSSR count). The van der Waals surface area contributed by atoms with Crippen LogP contribution in [0.25, 0.3) is 0 Å². The van der Waals surface area contributed by atoms with E-state index in [0.717, 1.165) is 10.0 Å². The van der Waals surface area contributed by atoms with Gasteiger partial charge in [0.05, 0.1) is 13.2 Å². The second-order valence-electron chi connectivity index (χ2n) is 3.58. The van der Waals surface area contributed by atoms with E-state index in [1.807, 2.05) is 23.1 Å². The van der Waals surface area contributed by atoms with Crippen molar-refractivity contribution in [3.63, 3.8) is 0 Å². The van der Waals surface area contributed by atoms with Crippen molar-refractivity contribution in [3.05, 3.63) is 28.2 Å². The molecule has 1 aromatic carbocycles. The summed E-state index contributed by atoms with van der Waals surface area (Å²) in [5.74, 6) is 0. The van der Waals surface area contributed by atoms with Gasteiger partial charge in [0.2, 0.25) is 0 Å². The quantitative estimate of drug-likeness (QED) is 0.678. The summed E-state index contributed by atoms with van der Waals surface area (Å²) >= 11 is 3.34. The van der Waals surface area contributed by atoms with Gasteiger partial charge in [-0.1, -0.05) is 6.07 Å². The molecule has 0 aliphatic rings. The first-order valence-electron chi connectivity index (χ1n) is 5.15. The van der Waals surface area contributed by atoms with Crippen LogP contribution >= 0.6 is 15.9 Å². The molecule has 0 aliphatic carbocycles. The Morgan fingerprint density at radius 3 is 2.31 bits per heavy atom. The zero-order valence-corrected chi connectivity index (χ0v) is 10.7. The summed E-state index contributed by atoms with van der Waals surface area (Å²) in [7, 11) is 0. The Kier molecular flexibility index (Phi) is 5.76. The van der Waals surface area contributed by atoms with Gasteiger partial charge in [-0.3, -0.25) is 4.90 Å². The first-order valence-corrected chi connectivity index (χ1v) is 5.94. The molecule has 5 heteroatoms. The van der Waals surface area contributed by atoms with E-state index in [0.29, 0.717) is 25.3 Å². The maximum absolute atomic E-state index is 8.88. The number of nitrogen functional groups attached to an aromatic ring is 1. The fourth-order valence-electron chi connectivity index (χ4n) is 1.50. The molecule has 0 aliphatic heterocycles. The largest absolute Gasteiger partial charge is 0.398 e. The summed E-state index contributed by atoms with van der Waals surface area (Å²) < 4.78 is 0.882. The van der Waals surface area contributed by atoms with Gasteiger partial charge in [0.1, 0.15) is 0 Å². The zero-order valence-electron chi connectivity index (χ0n) is 9.06. The molecule has 0 spiro atoms. The molecule has 90 valence electrons. The molecule has 16 heavy (non-hydrogen) atoms. The SMILES string of the molecule is Nc1cc(CN(CCO)CCO)ccc1Br. The summed E-state index contributed by atoms with van der Waals surface area (Å²) in [6, 6.07) is 5.77. The van der Waals surface area contributed by atoms with Crippen LogP contribution in [0.15, 0.2) is 22.7 Å². The van der Waals surface area contributed by atoms with E-state index in [1.165, 1.54) is 0 Å². The highest BCUT2D eigenvalue weighted by Crippen LogP contribution is 2.20. The smallest absolute Gasteiger partial charge is 0.0558 e. The summed E-state index contributed by atoms with van der Waals surface area (Å²) in [5, 5.41) is 17.8. The molecule has 0 aromatic heterocycles. The molecule has 0 fully saturated rings. The number of aliphatic hydroxyl groups excluding tert-OH is 2. The normalized spacial score (nSPS) is 11.0. The number of anilines is 1. The topological polar surface area (TPSA) is 69.7 Å². The standard InChI is InChI=1S/C11H17BrN2O2/c12-10-2-1-9(7-11(10)13)8-14(3-5-15)4-6-16/h1-2,7,15-16H,3-6,8,13H2. The number of nitrogens with two attached hydrogens (primary N) is 1. The number of halogens is 1. The monoisotopic (exact) mass is 288 g/mol. The van der Waals surface area contributed by atoms with Crippen LogP contribution in [0.2, 0.25) is 0 Å². The number of nitrogens with zero attached hydrogens (tertiary/aromatic N) is 1. The van der Waals surface area contributed by atoms with Crippen LogP contribution in [-0.4, -0.2) is 41.4 Å². The Morgan fingerprint density at radius 2 is 1.81 bits per heavy atom. The number of benzene rings is 1. The van der Waals surface area contributed by atoms with E-state index in [2.05, 4.69) is 15.9 Å². The minimum atomic E-state index is 0.0893. The molecule has 0 heterocycles. The lowest BCUT2D eigenvalue weighted by Crippen LogP contribution is -2.29.